The number of hydrogen-bond donors (Lipinski definition) is 1. The van der Waals surface area contributed by atoms with Gasteiger partial charge in [0.2, 0.25) is 0 Å². The minimum atomic E-state index is -0.174. The molecule has 1 fully saturated rings. The fourth-order valence-corrected chi connectivity index (χ4v) is 3.05. The minimum absolute atomic E-state index is 0.174. The Bertz CT molecular complexity index is 626. The van der Waals surface area contributed by atoms with Crippen LogP contribution in [0.1, 0.15) is 32.2 Å². The van der Waals surface area contributed by atoms with Gasteiger partial charge in [0.15, 0.2) is 0 Å². The summed E-state index contributed by atoms with van der Waals surface area (Å²) in [7, 11) is 7.54. The predicted molar refractivity (Wildman–Crippen MR) is 79.7 cm³/mol. The van der Waals surface area contributed by atoms with Gasteiger partial charge in [-0.1, -0.05) is 18.5 Å². The zero-order valence-corrected chi connectivity index (χ0v) is 11.9. The second-order valence-corrected chi connectivity index (χ2v) is 5.77. The number of rotatable bonds is 2. The van der Waals surface area contributed by atoms with Crippen LogP contribution in [0.5, 0.6) is 5.75 Å². The van der Waals surface area contributed by atoms with Crippen molar-refractivity contribution in [3.8, 4) is 5.75 Å². The van der Waals surface area contributed by atoms with Gasteiger partial charge in [0, 0.05) is 17.6 Å². The summed E-state index contributed by atoms with van der Waals surface area (Å²) >= 11 is 0. The first-order valence-electron chi connectivity index (χ1n) is 7.09. The number of aromatic nitrogens is 2. The van der Waals surface area contributed by atoms with Crippen LogP contribution in [0.4, 0.5) is 0 Å². The molecule has 1 aliphatic carbocycles. The fourth-order valence-electron chi connectivity index (χ4n) is 3.05. The zero-order valence-electron chi connectivity index (χ0n) is 11.9. The molecule has 3 rings (SSSR count). The van der Waals surface area contributed by atoms with Crippen molar-refractivity contribution in [2.45, 2.75) is 38.3 Å². The van der Waals surface area contributed by atoms with E-state index in [1.807, 2.05) is 23.0 Å². The van der Waals surface area contributed by atoms with Crippen LogP contribution >= 0.6 is 0 Å². The first-order valence-corrected chi connectivity index (χ1v) is 7.09. The first kappa shape index (κ1) is 13.5. The molecular formula is C15H19BN2O2. The molecule has 0 bridgehead atoms. The number of benzene rings is 1. The van der Waals surface area contributed by atoms with Crippen molar-refractivity contribution in [3.05, 3.63) is 18.3 Å². The van der Waals surface area contributed by atoms with Crippen LogP contribution in [-0.2, 0) is 0 Å². The Balaban J connectivity index is 1.93. The highest BCUT2D eigenvalue weighted by Crippen LogP contribution is 2.33. The van der Waals surface area contributed by atoms with E-state index in [2.05, 4.69) is 12.0 Å². The summed E-state index contributed by atoms with van der Waals surface area (Å²) in [6.07, 6.45) is 4.63. The lowest BCUT2D eigenvalue weighted by Gasteiger charge is -2.31. The maximum Gasteiger partial charge on any atom is 0.119 e. The molecule has 5 heteroatoms. The minimum Gasteiger partial charge on any atom is -0.497 e. The number of fused-ring (bicyclic) bond motifs is 1. The van der Waals surface area contributed by atoms with E-state index >= 15 is 0 Å². The van der Waals surface area contributed by atoms with Gasteiger partial charge >= 0.3 is 0 Å². The van der Waals surface area contributed by atoms with Crippen LogP contribution in [0, 0.1) is 5.92 Å². The predicted octanol–water partition coefficient (Wildman–Crippen LogP) is 1.56. The van der Waals surface area contributed by atoms with E-state index < -0.39 is 0 Å². The molecular weight excluding hydrogens is 251 g/mol. The van der Waals surface area contributed by atoms with Crippen molar-refractivity contribution in [1.29, 1.82) is 0 Å². The second kappa shape index (κ2) is 5.13. The summed E-state index contributed by atoms with van der Waals surface area (Å²) in [6.45, 7) is 2.10. The average molecular weight is 270 g/mol. The van der Waals surface area contributed by atoms with Crippen molar-refractivity contribution >= 4 is 24.2 Å². The monoisotopic (exact) mass is 270 g/mol. The van der Waals surface area contributed by atoms with Gasteiger partial charge in [-0.25, -0.2) is 0 Å². The van der Waals surface area contributed by atoms with Gasteiger partial charge in [-0.3, -0.25) is 4.68 Å². The van der Waals surface area contributed by atoms with E-state index in [0.29, 0.717) is 23.2 Å². The quantitative estimate of drug-likeness (QED) is 0.842. The summed E-state index contributed by atoms with van der Waals surface area (Å²) in [4.78, 5) is 0. The van der Waals surface area contributed by atoms with Crippen molar-refractivity contribution in [3.63, 3.8) is 0 Å². The molecule has 2 aromatic rings. The van der Waals surface area contributed by atoms with Gasteiger partial charge in [0.25, 0.3) is 0 Å². The fraction of sp³-hybridized carbons (Fsp3) is 0.533. The maximum absolute atomic E-state index is 9.82. The number of ether oxygens (including phenoxy) is 1. The van der Waals surface area contributed by atoms with E-state index in [0.717, 1.165) is 30.2 Å². The summed E-state index contributed by atoms with van der Waals surface area (Å²) in [5.74, 6) is 0.982. The van der Waals surface area contributed by atoms with Crippen LogP contribution < -0.4 is 10.2 Å². The lowest BCUT2D eigenvalue weighted by molar-refractivity contribution is 0.0574. The van der Waals surface area contributed by atoms with Gasteiger partial charge in [-0.15, -0.1) is 0 Å². The second-order valence-electron chi connectivity index (χ2n) is 5.77. The first-order chi connectivity index (χ1) is 9.58. The molecule has 1 saturated carbocycles. The summed E-state index contributed by atoms with van der Waals surface area (Å²) in [5, 5.41) is 15.5. The molecule has 0 aliphatic heterocycles. The van der Waals surface area contributed by atoms with Crippen molar-refractivity contribution < 1.29 is 9.84 Å². The lowest BCUT2D eigenvalue weighted by atomic mass is 9.85. The molecule has 104 valence electrons. The molecule has 1 aliphatic rings. The van der Waals surface area contributed by atoms with Gasteiger partial charge in [-0.2, -0.15) is 5.10 Å². The Hall–Kier alpha value is -1.49. The van der Waals surface area contributed by atoms with E-state index in [1.54, 1.807) is 7.11 Å². The van der Waals surface area contributed by atoms with Crippen LogP contribution in [0.15, 0.2) is 18.3 Å². The standard InChI is InChI=1S/C15H19BN2O2/c1-9-5-11(3-4-14(9)19)18-8-10-6-12(16)15(20-2)7-13(10)17-18/h6-9,11,14,19H,3-5H2,1-2H3/t9-,11-,14-/m0/s1. The van der Waals surface area contributed by atoms with Gasteiger partial charge in [0.05, 0.1) is 24.8 Å². The Kier molecular flexibility index (Phi) is 3.46. The molecule has 0 amide bonds. The number of aliphatic hydroxyl groups is 1. The van der Waals surface area contributed by atoms with Gasteiger partial charge in [-0.05, 0) is 25.2 Å². The number of methoxy groups -OCH3 is 1. The average Bonchev–Trinajstić information content (AvgIpc) is 2.83. The Labute approximate surface area is 120 Å². The van der Waals surface area contributed by atoms with Crippen molar-refractivity contribution in [1.82, 2.24) is 9.78 Å². The van der Waals surface area contributed by atoms with E-state index in [4.69, 9.17) is 12.6 Å². The molecule has 0 unspecified atom stereocenters. The highest BCUT2D eigenvalue weighted by Gasteiger charge is 2.27. The van der Waals surface area contributed by atoms with Crippen LogP contribution in [-0.4, -0.2) is 35.9 Å². The van der Waals surface area contributed by atoms with Crippen LogP contribution in [0.25, 0.3) is 10.9 Å². The topological polar surface area (TPSA) is 47.3 Å². The highest BCUT2D eigenvalue weighted by molar-refractivity contribution is 6.35. The number of nitrogens with zero attached hydrogens (tertiary/aromatic N) is 2. The Morgan fingerprint density at radius 1 is 1.40 bits per heavy atom. The summed E-state index contributed by atoms with van der Waals surface area (Å²) in [6, 6.07) is 4.13. The molecule has 20 heavy (non-hydrogen) atoms. The Morgan fingerprint density at radius 2 is 2.20 bits per heavy atom. The molecule has 1 heterocycles. The normalized spacial score (nSPS) is 26.9. The molecule has 0 saturated heterocycles. The van der Waals surface area contributed by atoms with Crippen molar-refractivity contribution in [2.75, 3.05) is 7.11 Å². The molecule has 1 aromatic carbocycles. The SMILES string of the molecule is [B]c1cc2cn([C@H]3CC[C@H](O)[C@@H](C)C3)nc2cc1OC. The van der Waals surface area contributed by atoms with Crippen LogP contribution in [0.2, 0.25) is 0 Å². The molecule has 0 spiro atoms. The van der Waals surface area contributed by atoms with Crippen LogP contribution in [0.3, 0.4) is 0 Å². The third-order valence-electron chi connectivity index (χ3n) is 4.34. The third-order valence-corrected chi connectivity index (χ3v) is 4.34. The summed E-state index contributed by atoms with van der Waals surface area (Å²) < 4.78 is 7.25. The maximum atomic E-state index is 9.82. The Morgan fingerprint density at radius 3 is 2.90 bits per heavy atom. The molecule has 2 radical (unpaired) electrons. The molecule has 4 nitrogen and oxygen atoms in total. The smallest absolute Gasteiger partial charge is 0.119 e. The summed E-state index contributed by atoms with van der Waals surface area (Å²) in [5.41, 5.74) is 1.53. The van der Waals surface area contributed by atoms with E-state index in [-0.39, 0.29) is 6.10 Å². The number of hydrogen-bond acceptors (Lipinski definition) is 3. The largest absolute Gasteiger partial charge is 0.497 e. The molecule has 3 atom stereocenters. The van der Waals surface area contributed by atoms with Gasteiger partial charge in [0.1, 0.15) is 13.6 Å². The van der Waals surface area contributed by atoms with E-state index in [9.17, 15) is 5.11 Å². The lowest BCUT2D eigenvalue weighted by Crippen LogP contribution is -2.28. The number of aliphatic hydroxyl groups excluding tert-OH is 1. The zero-order chi connectivity index (χ0) is 14.3. The van der Waals surface area contributed by atoms with E-state index in [1.165, 1.54) is 0 Å². The van der Waals surface area contributed by atoms with Gasteiger partial charge < -0.3 is 9.84 Å². The highest BCUT2D eigenvalue weighted by atomic mass is 16.5. The molecule has 1 aromatic heterocycles. The third kappa shape index (κ3) is 2.31. The van der Waals surface area contributed by atoms with Crippen molar-refractivity contribution in [2.24, 2.45) is 5.92 Å². The molecule has 1 N–H and O–H groups in total.